The van der Waals surface area contributed by atoms with Crippen LogP contribution in [0.2, 0.25) is 0 Å². The second kappa shape index (κ2) is 6.02. The molecular weight excluding hydrogens is 178 g/mol. The Balaban J connectivity index is 2.42. The van der Waals surface area contributed by atoms with Crippen molar-refractivity contribution in [2.24, 2.45) is 11.7 Å². The van der Waals surface area contributed by atoms with E-state index < -0.39 is 12.0 Å². The predicted molar refractivity (Wildman–Crippen MR) is 56.0 cm³/mol. The van der Waals surface area contributed by atoms with Gasteiger partial charge in [-0.05, 0) is 18.8 Å². The Morgan fingerprint density at radius 2 is 1.50 bits per heavy atom. The Labute approximate surface area is 85.7 Å². The highest BCUT2D eigenvalue weighted by atomic mass is 16.4. The van der Waals surface area contributed by atoms with Crippen LogP contribution in [0.1, 0.15) is 51.4 Å². The van der Waals surface area contributed by atoms with E-state index in [9.17, 15) is 4.79 Å². The molecule has 1 fully saturated rings. The molecule has 0 radical (unpaired) electrons. The Hall–Kier alpha value is -0.570. The quantitative estimate of drug-likeness (QED) is 0.716. The van der Waals surface area contributed by atoms with E-state index in [1.165, 1.54) is 25.7 Å². The van der Waals surface area contributed by atoms with Crippen molar-refractivity contribution in [3.63, 3.8) is 0 Å². The normalized spacial score (nSPS) is 23.2. The number of carbonyl (C=O) groups is 1. The third kappa shape index (κ3) is 3.66. The first-order valence-electron chi connectivity index (χ1n) is 5.70. The molecule has 3 nitrogen and oxygen atoms in total. The topological polar surface area (TPSA) is 63.3 Å². The van der Waals surface area contributed by atoms with Crippen molar-refractivity contribution in [1.29, 1.82) is 0 Å². The molecule has 1 aliphatic carbocycles. The van der Waals surface area contributed by atoms with E-state index in [1.807, 2.05) is 0 Å². The van der Waals surface area contributed by atoms with Crippen molar-refractivity contribution >= 4 is 5.97 Å². The smallest absolute Gasteiger partial charge is 0.320 e. The molecule has 1 rings (SSSR count). The molecule has 0 unspecified atom stereocenters. The van der Waals surface area contributed by atoms with Crippen LogP contribution in [-0.4, -0.2) is 17.1 Å². The number of aliphatic carboxylic acids is 1. The van der Waals surface area contributed by atoms with Gasteiger partial charge in [-0.2, -0.15) is 0 Å². The van der Waals surface area contributed by atoms with Crippen LogP contribution in [0.25, 0.3) is 0 Å². The van der Waals surface area contributed by atoms with Crippen molar-refractivity contribution in [2.75, 3.05) is 0 Å². The average Bonchev–Trinajstić information content (AvgIpc) is 2.29. The standard InChI is InChI=1S/C11H21NO2/c12-10(11(13)14)9-7-5-3-1-2-4-6-8-9/h9-10H,1-8,12H2,(H,13,14)/t10-/m0/s1. The lowest BCUT2D eigenvalue weighted by molar-refractivity contribution is -0.140. The molecule has 0 aromatic rings. The number of rotatable bonds is 2. The summed E-state index contributed by atoms with van der Waals surface area (Å²) in [6, 6.07) is -0.645. The van der Waals surface area contributed by atoms with Crippen LogP contribution in [0, 0.1) is 5.92 Å². The SMILES string of the molecule is N[C@H](C(=O)O)C1CCCCCCCC1. The summed E-state index contributed by atoms with van der Waals surface area (Å²) in [6.07, 6.45) is 9.36. The molecule has 0 heterocycles. The van der Waals surface area contributed by atoms with Gasteiger partial charge in [0, 0.05) is 0 Å². The summed E-state index contributed by atoms with van der Waals surface area (Å²) in [5.74, 6) is -0.639. The van der Waals surface area contributed by atoms with Gasteiger partial charge in [0.05, 0.1) is 0 Å². The van der Waals surface area contributed by atoms with Gasteiger partial charge >= 0.3 is 5.97 Å². The van der Waals surface area contributed by atoms with E-state index in [0.29, 0.717) is 0 Å². The van der Waals surface area contributed by atoms with Gasteiger partial charge in [-0.25, -0.2) is 0 Å². The second-order valence-corrected chi connectivity index (χ2v) is 4.32. The molecule has 3 N–H and O–H groups in total. The van der Waals surface area contributed by atoms with Gasteiger partial charge < -0.3 is 10.8 Å². The van der Waals surface area contributed by atoms with Crippen molar-refractivity contribution < 1.29 is 9.90 Å². The molecule has 0 aliphatic heterocycles. The van der Waals surface area contributed by atoms with Crippen LogP contribution in [0.15, 0.2) is 0 Å². The maximum Gasteiger partial charge on any atom is 0.320 e. The van der Waals surface area contributed by atoms with Crippen molar-refractivity contribution in [2.45, 2.75) is 57.4 Å². The summed E-state index contributed by atoms with van der Waals surface area (Å²) in [5.41, 5.74) is 5.66. The van der Waals surface area contributed by atoms with Gasteiger partial charge in [-0.1, -0.05) is 38.5 Å². The molecule has 3 heteroatoms. The van der Waals surface area contributed by atoms with E-state index >= 15 is 0 Å². The van der Waals surface area contributed by atoms with Crippen molar-refractivity contribution in [3.8, 4) is 0 Å². The molecule has 0 saturated heterocycles. The fraction of sp³-hybridized carbons (Fsp3) is 0.909. The van der Waals surface area contributed by atoms with Crippen LogP contribution in [-0.2, 0) is 4.79 Å². The molecule has 82 valence electrons. The zero-order valence-corrected chi connectivity index (χ0v) is 8.74. The molecule has 1 saturated carbocycles. The van der Waals surface area contributed by atoms with Crippen LogP contribution >= 0.6 is 0 Å². The zero-order chi connectivity index (χ0) is 10.4. The van der Waals surface area contributed by atoms with Gasteiger partial charge in [-0.15, -0.1) is 0 Å². The minimum absolute atomic E-state index is 0.200. The van der Waals surface area contributed by atoms with E-state index in [1.54, 1.807) is 0 Å². The highest BCUT2D eigenvalue weighted by molar-refractivity contribution is 5.73. The van der Waals surface area contributed by atoms with Crippen LogP contribution in [0.4, 0.5) is 0 Å². The van der Waals surface area contributed by atoms with Crippen LogP contribution in [0.5, 0.6) is 0 Å². The molecule has 1 atom stereocenters. The zero-order valence-electron chi connectivity index (χ0n) is 8.74. The second-order valence-electron chi connectivity index (χ2n) is 4.32. The molecule has 14 heavy (non-hydrogen) atoms. The molecule has 0 aromatic carbocycles. The maximum absolute atomic E-state index is 10.8. The fourth-order valence-electron chi connectivity index (χ4n) is 2.23. The summed E-state index contributed by atoms with van der Waals surface area (Å²) in [5, 5.41) is 8.84. The van der Waals surface area contributed by atoms with Crippen LogP contribution < -0.4 is 5.73 Å². The van der Waals surface area contributed by atoms with E-state index in [0.717, 1.165) is 25.7 Å². The Morgan fingerprint density at radius 1 is 1.07 bits per heavy atom. The fourth-order valence-corrected chi connectivity index (χ4v) is 2.23. The largest absolute Gasteiger partial charge is 0.480 e. The average molecular weight is 199 g/mol. The summed E-state index contributed by atoms with van der Waals surface area (Å²) in [6.45, 7) is 0. The number of carboxylic acids is 1. The lowest BCUT2D eigenvalue weighted by atomic mass is 9.90. The molecule has 0 spiro atoms. The number of hydrogen-bond donors (Lipinski definition) is 2. The van der Waals surface area contributed by atoms with E-state index in [-0.39, 0.29) is 5.92 Å². The first-order chi connectivity index (χ1) is 6.72. The highest BCUT2D eigenvalue weighted by Crippen LogP contribution is 2.23. The Kier molecular flexibility index (Phi) is 4.94. The molecule has 0 aromatic heterocycles. The minimum Gasteiger partial charge on any atom is -0.480 e. The van der Waals surface area contributed by atoms with Gasteiger partial charge in [0.15, 0.2) is 0 Å². The number of hydrogen-bond acceptors (Lipinski definition) is 2. The molecule has 0 bridgehead atoms. The van der Waals surface area contributed by atoms with E-state index in [2.05, 4.69) is 0 Å². The Bertz CT molecular complexity index is 172. The van der Waals surface area contributed by atoms with Gasteiger partial charge in [0.25, 0.3) is 0 Å². The summed E-state index contributed by atoms with van der Waals surface area (Å²) >= 11 is 0. The van der Waals surface area contributed by atoms with Crippen molar-refractivity contribution in [3.05, 3.63) is 0 Å². The first kappa shape index (κ1) is 11.5. The first-order valence-corrected chi connectivity index (χ1v) is 5.70. The molecule has 0 amide bonds. The molecule has 1 aliphatic rings. The van der Waals surface area contributed by atoms with Gasteiger partial charge in [0.2, 0.25) is 0 Å². The van der Waals surface area contributed by atoms with Gasteiger partial charge in [0.1, 0.15) is 6.04 Å². The third-order valence-corrected chi connectivity index (χ3v) is 3.19. The Morgan fingerprint density at radius 3 is 1.93 bits per heavy atom. The number of carboxylic acid groups (broad SMARTS) is 1. The lowest BCUT2D eigenvalue weighted by Gasteiger charge is -2.19. The van der Waals surface area contributed by atoms with E-state index in [4.69, 9.17) is 10.8 Å². The van der Waals surface area contributed by atoms with Gasteiger partial charge in [-0.3, -0.25) is 4.79 Å². The monoisotopic (exact) mass is 199 g/mol. The van der Waals surface area contributed by atoms with Crippen LogP contribution in [0.3, 0.4) is 0 Å². The lowest BCUT2D eigenvalue weighted by Crippen LogP contribution is -2.38. The summed E-state index contributed by atoms with van der Waals surface area (Å²) < 4.78 is 0. The minimum atomic E-state index is -0.839. The predicted octanol–water partition coefficient (Wildman–Crippen LogP) is 2.15. The van der Waals surface area contributed by atoms with Crippen molar-refractivity contribution in [1.82, 2.24) is 0 Å². The maximum atomic E-state index is 10.8. The highest BCUT2D eigenvalue weighted by Gasteiger charge is 2.23. The summed E-state index contributed by atoms with van der Waals surface area (Å²) in [4.78, 5) is 10.8. The number of nitrogens with two attached hydrogens (primary N) is 1. The summed E-state index contributed by atoms with van der Waals surface area (Å²) in [7, 11) is 0. The third-order valence-electron chi connectivity index (χ3n) is 3.19. The molecular formula is C11H21NO2.